The summed E-state index contributed by atoms with van der Waals surface area (Å²) in [6.45, 7) is 4.74. The highest BCUT2D eigenvalue weighted by Crippen LogP contribution is 2.35. The van der Waals surface area contributed by atoms with Crippen LogP contribution in [0.1, 0.15) is 50.7 Å². The van der Waals surface area contributed by atoms with Crippen molar-refractivity contribution in [2.24, 2.45) is 0 Å². The van der Waals surface area contributed by atoms with Gasteiger partial charge in [0.2, 0.25) is 0 Å². The zero-order chi connectivity index (χ0) is 13.7. The van der Waals surface area contributed by atoms with Crippen LogP contribution in [0.4, 0.5) is 0 Å². The van der Waals surface area contributed by atoms with E-state index < -0.39 is 5.60 Å². The number of Topliss-reactive ketones (excluding diaryl/α,β-unsaturated/α-hetero) is 1. The molecule has 0 spiro atoms. The second-order valence-electron chi connectivity index (χ2n) is 5.40. The van der Waals surface area contributed by atoms with Crippen LogP contribution in [-0.2, 0) is 22.4 Å². The van der Waals surface area contributed by atoms with Crippen molar-refractivity contribution in [2.45, 2.75) is 58.0 Å². The van der Waals surface area contributed by atoms with Crippen LogP contribution in [0.15, 0.2) is 24.3 Å². The monoisotopic (exact) mass is 260 g/mol. The van der Waals surface area contributed by atoms with Crippen molar-refractivity contribution in [1.29, 1.82) is 0 Å². The second-order valence-corrected chi connectivity index (χ2v) is 5.40. The van der Waals surface area contributed by atoms with E-state index in [2.05, 4.69) is 31.2 Å². The van der Waals surface area contributed by atoms with Gasteiger partial charge in [0, 0.05) is 13.0 Å². The van der Waals surface area contributed by atoms with Crippen LogP contribution in [0.3, 0.4) is 0 Å². The molecule has 0 aliphatic heterocycles. The predicted molar refractivity (Wildman–Crippen MR) is 77.4 cm³/mol. The lowest BCUT2D eigenvalue weighted by Crippen LogP contribution is -2.40. The largest absolute Gasteiger partial charge is 0.367 e. The van der Waals surface area contributed by atoms with Crippen LogP contribution in [-0.4, -0.2) is 18.0 Å². The minimum atomic E-state index is -0.488. The van der Waals surface area contributed by atoms with Crippen LogP contribution in [0.2, 0.25) is 0 Å². The first kappa shape index (κ1) is 14.3. The number of hydrogen-bond acceptors (Lipinski definition) is 2. The Morgan fingerprint density at radius 3 is 2.21 bits per heavy atom. The van der Waals surface area contributed by atoms with Gasteiger partial charge in [-0.25, -0.2) is 0 Å². The molecule has 0 bridgehead atoms. The topological polar surface area (TPSA) is 26.3 Å². The Labute approximate surface area is 116 Å². The maximum atomic E-state index is 12.6. The Balaban J connectivity index is 2.05. The molecule has 0 heterocycles. The first-order chi connectivity index (χ1) is 9.20. The fraction of sp³-hybridized carbons (Fsp3) is 0.588. The van der Waals surface area contributed by atoms with Gasteiger partial charge in [0.25, 0.3) is 0 Å². The standard InChI is InChI=1S/C17H24O2/c1-3-14-7-9-15(10-8-14)13-16(18)17(19-4-2)11-5-6-12-17/h7-10H,3-6,11-13H2,1-2H3. The number of hydrogen-bond donors (Lipinski definition) is 0. The molecule has 0 unspecified atom stereocenters. The highest BCUT2D eigenvalue weighted by atomic mass is 16.5. The second kappa shape index (κ2) is 6.33. The maximum Gasteiger partial charge on any atom is 0.168 e. The van der Waals surface area contributed by atoms with E-state index in [-0.39, 0.29) is 5.78 Å². The van der Waals surface area contributed by atoms with Crippen molar-refractivity contribution >= 4 is 5.78 Å². The van der Waals surface area contributed by atoms with Gasteiger partial charge in [0.05, 0.1) is 0 Å². The molecular weight excluding hydrogens is 236 g/mol. The molecule has 1 aliphatic rings. The van der Waals surface area contributed by atoms with Gasteiger partial charge in [-0.1, -0.05) is 31.2 Å². The van der Waals surface area contributed by atoms with E-state index in [1.807, 2.05) is 6.92 Å². The van der Waals surface area contributed by atoms with E-state index in [1.54, 1.807) is 0 Å². The Morgan fingerprint density at radius 1 is 1.11 bits per heavy atom. The number of aryl methyl sites for hydroxylation is 1. The van der Waals surface area contributed by atoms with Crippen LogP contribution in [0.25, 0.3) is 0 Å². The molecule has 2 nitrogen and oxygen atoms in total. The molecule has 1 aliphatic carbocycles. The molecule has 2 heteroatoms. The molecule has 19 heavy (non-hydrogen) atoms. The maximum absolute atomic E-state index is 12.6. The fourth-order valence-corrected chi connectivity index (χ4v) is 2.97. The number of ketones is 1. The number of carbonyl (C=O) groups is 1. The molecule has 2 rings (SSSR count). The van der Waals surface area contributed by atoms with Crippen LogP contribution in [0.5, 0.6) is 0 Å². The van der Waals surface area contributed by atoms with Gasteiger partial charge in [-0.15, -0.1) is 0 Å². The summed E-state index contributed by atoms with van der Waals surface area (Å²) in [6.07, 6.45) is 5.56. The van der Waals surface area contributed by atoms with Crippen molar-refractivity contribution in [1.82, 2.24) is 0 Å². The van der Waals surface area contributed by atoms with Crippen molar-refractivity contribution in [3.05, 3.63) is 35.4 Å². The Hall–Kier alpha value is -1.15. The van der Waals surface area contributed by atoms with Crippen LogP contribution < -0.4 is 0 Å². The van der Waals surface area contributed by atoms with Gasteiger partial charge in [-0.3, -0.25) is 4.79 Å². The quantitative estimate of drug-likeness (QED) is 0.779. The third kappa shape index (κ3) is 3.24. The molecule has 104 valence electrons. The normalized spacial score (nSPS) is 17.6. The Bertz CT molecular complexity index is 413. The van der Waals surface area contributed by atoms with Crippen molar-refractivity contribution in [3.63, 3.8) is 0 Å². The van der Waals surface area contributed by atoms with Crippen LogP contribution in [0, 0.1) is 0 Å². The van der Waals surface area contributed by atoms with Crippen LogP contribution >= 0.6 is 0 Å². The van der Waals surface area contributed by atoms with E-state index >= 15 is 0 Å². The number of ether oxygens (including phenoxy) is 1. The molecule has 0 N–H and O–H groups in total. The summed E-state index contributed by atoms with van der Waals surface area (Å²) >= 11 is 0. The summed E-state index contributed by atoms with van der Waals surface area (Å²) in [6, 6.07) is 8.38. The molecule has 0 radical (unpaired) electrons. The summed E-state index contributed by atoms with van der Waals surface area (Å²) in [5.74, 6) is 0.260. The van der Waals surface area contributed by atoms with Gasteiger partial charge >= 0.3 is 0 Å². The lowest BCUT2D eigenvalue weighted by Gasteiger charge is -2.27. The average Bonchev–Trinajstić information content (AvgIpc) is 2.90. The average molecular weight is 260 g/mol. The lowest BCUT2D eigenvalue weighted by molar-refractivity contribution is -0.142. The van der Waals surface area contributed by atoms with E-state index in [0.717, 1.165) is 37.7 Å². The van der Waals surface area contributed by atoms with Gasteiger partial charge in [0.1, 0.15) is 5.60 Å². The Kier molecular flexibility index (Phi) is 4.76. The first-order valence-corrected chi connectivity index (χ1v) is 7.45. The Morgan fingerprint density at radius 2 is 1.68 bits per heavy atom. The number of benzene rings is 1. The summed E-state index contributed by atoms with van der Waals surface area (Å²) < 4.78 is 5.82. The van der Waals surface area contributed by atoms with E-state index in [9.17, 15) is 4.79 Å². The van der Waals surface area contributed by atoms with Crippen molar-refractivity contribution in [3.8, 4) is 0 Å². The zero-order valence-corrected chi connectivity index (χ0v) is 12.1. The number of carbonyl (C=O) groups excluding carboxylic acids is 1. The SMILES string of the molecule is CCOC1(C(=O)Cc2ccc(CC)cc2)CCCC1. The zero-order valence-electron chi connectivity index (χ0n) is 12.1. The number of rotatable bonds is 6. The molecule has 0 aromatic heterocycles. The smallest absolute Gasteiger partial charge is 0.168 e. The minimum absolute atomic E-state index is 0.260. The first-order valence-electron chi connectivity index (χ1n) is 7.45. The molecule has 0 atom stereocenters. The summed E-state index contributed by atoms with van der Waals surface area (Å²) in [7, 11) is 0. The van der Waals surface area contributed by atoms with Crippen molar-refractivity contribution < 1.29 is 9.53 Å². The molecule has 0 amide bonds. The molecule has 1 fully saturated rings. The molecule has 0 saturated heterocycles. The summed E-state index contributed by atoms with van der Waals surface area (Å²) in [5.41, 5.74) is 1.93. The third-order valence-electron chi connectivity index (χ3n) is 4.14. The minimum Gasteiger partial charge on any atom is -0.367 e. The molecule has 1 aromatic rings. The lowest BCUT2D eigenvalue weighted by atomic mass is 9.91. The third-order valence-corrected chi connectivity index (χ3v) is 4.14. The predicted octanol–water partition coefficient (Wildman–Crippen LogP) is 3.71. The fourth-order valence-electron chi connectivity index (χ4n) is 2.97. The molecule has 1 aromatic carbocycles. The molecular formula is C17H24O2. The van der Waals surface area contributed by atoms with Gasteiger partial charge in [0.15, 0.2) is 5.78 Å². The van der Waals surface area contributed by atoms with Gasteiger partial charge in [-0.05, 0) is 50.2 Å². The van der Waals surface area contributed by atoms with Gasteiger partial charge < -0.3 is 4.74 Å². The summed E-state index contributed by atoms with van der Waals surface area (Å²) in [5, 5.41) is 0. The highest BCUT2D eigenvalue weighted by molar-refractivity contribution is 5.89. The van der Waals surface area contributed by atoms with Gasteiger partial charge in [-0.2, -0.15) is 0 Å². The molecule has 1 saturated carbocycles. The van der Waals surface area contributed by atoms with Crippen molar-refractivity contribution in [2.75, 3.05) is 6.61 Å². The van der Waals surface area contributed by atoms with E-state index in [1.165, 1.54) is 5.56 Å². The van der Waals surface area contributed by atoms with E-state index in [4.69, 9.17) is 4.74 Å². The highest BCUT2D eigenvalue weighted by Gasteiger charge is 2.41. The van der Waals surface area contributed by atoms with E-state index in [0.29, 0.717) is 13.0 Å². The summed E-state index contributed by atoms with van der Waals surface area (Å²) in [4.78, 5) is 12.6.